The lowest BCUT2D eigenvalue weighted by molar-refractivity contribution is -0.116. The van der Waals surface area contributed by atoms with Gasteiger partial charge in [0.15, 0.2) is 11.0 Å². The van der Waals surface area contributed by atoms with Crippen LogP contribution < -0.4 is 10.2 Å². The smallest absolute Gasteiger partial charge is 0.251 e. The molecule has 0 unspecified atom stereocenters. The minimum Gasteiger partial charge on any atom is -0.379 e. The summed E-state index contributed by atoms with van der Waals surface area (Å²) >= 11 is 1.31. The number of ether oxygens (including phenoxy) is 1. The van der Waals surface area contributed by atoms with E-state index in [0.717, 1.165) is 29.8 Å². The van der Waals surface area contributed by atoms with Crippen LogP contribution in [0.3, 0.4) is 0 Å². The topological polar surface area (TPSA) is 127 Å². The van der Waals surface area contributed by atoms with Crippen LogP contribution in [0.5, 0.6) is 0 Å². The van der Waals surface area contributed by atoms with E-state index in [1.165, 1.54) is 45.9 Å². The molecule has 4 aromatic rings. The molecule has 2 aliphatic rings. The highest BCUT2D eigenvalue weighted by Crippen LogP contribution is 2.29. The molecule has 11 nitrogen and oxygen atoms in total. The van der Waals surface area contributed by atoms with Crippen LogP contribution in [0.4, 0.5) is 5.69 Å². The molecule has 1 fully saturated rings. The molecular formula is C32H34N6O5S2. The number of anilines is 1. The van der Waals surface area contributed by atoms with Gasteiger partial charge in [0.2, 0.25) is 15.9 Å². The van der Waals surface area contributed by atoms with Gasteiger partial charge in [-0.2, -0.15) is 4.31 Å². The molecule has 0 saturated carbocycles. The van der Waals surface area contributed by atoms with Crippen LogP contribution in [0.15, 0.2) is 82.8 Å². The highest BCUT2D eigenvalue weighted by atomic mass is 32.2. The molecule has 234 valence electrons. The second-order valence-corrected chi connectivity index (χ2v) is 13.7. The quantitative estimate of drug-likeness (QED) is 0.274. The van der Waals surface area contributed by atoms with Gasteiger partial charge in [-0.25, -0.2) is 8.42 Å². The molecule has 45 heavy (non-hydrogen) atoms. The molecular weight excluding hydrogens is 613 g/mol. The summed E-state index contributed by atoms with van der Waals surface area (Å²) in [5.74, 6) is 0.306. The van der Waals surface area contributed by atoms with Crippen molar-refractivity contribution < 1.29 is 22.7 Å². The van der Waals surface area contributed by atoms with Crippen molar-refractivity contribution in [2.45, 2.75) is 36.4 Å². The van der Waals surface area contributed by atoms with Crippen LogP contribution in [0.1, 0.15) is 33.7 Å². The first-order chi connectivity index (χ1) is 21.8. The van der Waals surface area contributed by atoms with E-state index < -0.39 is 10.0 Å². The van der Waals surface area contributed by atoms with Crippen molar-refractivity contribution in [3.63, 3.8) is 0 Å². The van der Waals surface area contributed by atoms with Crippen molar-refractivity contribution in [3.05, 3.63) is 95.3 Å². The number of morpholine rings is 1. The summed E-state index contributed by atoms with van der Waals surface area (Å²) in [6.07, 6.45) is 1.88. The predicted molar refractivity (Wildman–Crippen MR) is 171 cm³/mol. The Morgan fingerprint density at radius 1 is 0.956 bits per heavy atom. The minimum atomic E-state index is -3.66. The third-order valence-electron chi connectivity index (χ3n) is 7.83. The fourth-order valence-electron chi connectivity index (χ4n) is 5.51. The van der Waals surface area contributed by atoms with E-state index in [0.29, 0.717) is 49.4 Å². The first-order valence-electron chi connectivity index (χ1n) is 14.8. The molecule has 0 spiro atoms. The first kappa shape index (κ1) is 31.0. The van der Waals surface area contributed by atoms with Crippen molar-refractivity contribution in [1.82, 2.24) is 24.4 Å². The zero-order chi connectivity index (χ0) is 31.4. The third-order valence-corrected chi connectivity index (χ3v) is 10.7. The lowest BCUT2D eigenvalue weighted by Crippen LogP contribution is -2.40. The molecule has 3 heterocycles. The number of para-hydroxylation sites is 1. The Morgan fingerprint density at radius 3 is 2.51 bits per heavy atom. The number of carbonyl (C=O) groups excluding carboxylic acids is 2. The second kappa shape index (κ2) is 13.5. The van der Waals surface area contributed by atoms with E-state index in [4.69, 9.17) is 4.74 Å². The number of thioether (sulfide) groups is 1. The first-order valence-corrected chi connectivity index (χ1v) is 17.2. The van der Waals surface area contributed by atoms with E-state index in [2.05, 4.69) is 21.6 Å². The van der Waals surface area contributed by atoms with Crippen LogP contribution >= 0.6 is 11.8 Å². The average Bonchev–Trinajstić information content (AvgIpc) is 3.49. The third kappa shape index (κ3) is 6.81. The summed E-state index contributed by atoms with van der Waals surface area (Å²) in [6.45, 7) is 4.05. The monoisotopic (exact) mass is 646 g/mol. The van der Waals surface area contributed by atoms with Gasteiger partial charge in [0.1, 0.15) is 0 Å². The van der Waals surface area contributed by atoms with Crippen molar-refractivity contribution in [1.29, 1.82) is 0 Å². The highest BCUT2D eigenvalue weighted by Gasteiger charge is 2.27. The molecule has 0 radical (unpaired) electrons. The number of hydrogen-bond acceptors (Lipinski definition) is 8. The number of aromatic nitrogens is 3. The molecule has 2 aliphatic heterocycles. The fraction of sp³-hybridized carbons (Fsp3) is 0.312. The number of sulfonamides is 1. The largest absolute Gasteiger partial charge is 0.379 e. The Kier molecular flexibility index (Phi) is 9.31. The van der Waals surface area contributed by atoms with Gasteiger partial charge in [0.25, 0.3) is 5.91 Å². The van der Waals surface area contributed by atoms with Crippen LogP contribution in [-0.2, 0) is 32.5 Å². The summed E-state index contributed by atoms with van der Waals surface area (Å²) in [5, 5.41) is 12.2. The van der Waals surface area contributed by atoms with Crippen LogP contribution in [0.2, 0.25) is 0 Å². The summed E-state index contributed by atoms with van der Waals surface area (Å²) < 4.78 is 34.4. The Balaban J connectivity index is 1.16. The maximum absolute atomic E-state index is 13.3. The minimum absolute atomic E-state index is 0.000115. The predicted octanol–water partition coefficient (Wildman–Crippen LogP) is 3.60. The SMILES string of the molecule is Cc1cccc(-n2c(CNC(=O)c3ccc(S(=O)(=O)N4CCOCC4)cc3)nnc2SCC(=O)N2CCCc3ccccc32)c1. The number of amides is 2. The maximum atomic E-state index is 13.3. The fourth-order valence-corrected chi connectivity index (χ4v) is 7.76. The van der Waals surface area contributed by atoms with E-state index in [9.17, 15) is 18.0 Å². The maximum Gasteiger partial charge on any atom is 0.251 e. The highest BCUT2D eigenvalue weighted by molar-refractivity contribution is 7.99. The molecule has 0 aliphatic carbocycles. The second-order valence-electron chi connectivity index (χ2n) is 10.9. The lowest BCUT2D eigenvalue weighted by atomic mass is 10.0. The van der Waals surface area contributed by atoms with Gasteiger partial charge in [-0.1, -0.05) is 42.1 Å². The van der Waals surface area contributed by atoms with Crippen molar-refractivity contribution in [2.24, 2.45) is 0 Å². The summed E-state index contributed by atoms with van der Waals surface area (Å²) in [7, 11) is -3.66. The zero-order valence-corrected chi connectivity index (χ0v) is 26.5. The Labute approximate surface area is 266 Å². The average molecular weight is 647 g/mol. The number of fused-ring (bicyclic) bond motifs is 1. The number of carbonyl (C=O) groups is 2. The molecule has 3 aromatic carbocycles. The Hall–Kier alpha value is -4.04. The standard InChI is InChI=1S/C32H34N6O5S2/c1-23-6-4-9-26(20-23)38-29(34-35-32(38)44-22-30(39)37-15-5-8-24-7-2-3-10-28(24)37)21-33-31(40)25-11-13-27(14-12-25)45(41,42)36-16-18-43-19-17-36/h2-4,6-7,9-14,20H,5,8,15-19,21-22H2,1H3,(H,33,40). The molecule has 0 bridgehead atoms. The van der Waals surface area contributed by atoms with Gasteiger partial charge >= 0.3 is 0 Å². The normalized spacial score (nSPS) is 15.4. The van der Waals surface area contributed by atoms with Gasteiger partial charge in [0, 0.05) is 36.6 Å². The molecule has 1 N–H and O–H groups in total. The Bertz CT molecular complexity index is 1800. The summed E-state index contributed by atoms with van der Waals surface area (Å²) in [4.78, 5) is 28.4. The molecule has 6 rings (SSSR count). The van der Waals surface area contributed by atoms with E-state index in [1.807, 2.05) is 58.9 Å². The van der Waals surface area contributed by atoms with Crippen LogP contribution in [0, 0.1) is 6.92 Å². The zero-order valence-electron chi connectivity index (χ0n) is 24.9. The van der Waals surface area contributed by atoms with Crippen molar-refractivity contribution in [3.8, 4) is 5.69 Å². The van der Waals surface area contributed by atoms with Gasteiger partial charge < -0.3 is 15.0 Å². The molecule has 13 heteroatoms. The van der Waals surface area contributed by atoms with E-state index >= 15 is 0 Å². The number of benzene rings is 3. The van der Waals surface area contributed by atoms with E-state index in [-0.39, 0.29) is 29.0 Å². The van der Waals surface area contributed by atoms with Crippen LogP contribution in [-0.4, -0.2) is 77.9 Å². The van der Waals surface area contributed by atoms with E-state index in [1.54, 1.807) is 0 Å². The Morgan fingerprint density at radius 2 is 1.73 bits per heavy atom. The molecule has 1 aromatic heterocycles. The van der Waals surface area contributed by atoms with Crippen molar-refractivity contribution in [2.75, 3.05) is 43.5 Å². The van der Waals surface area contributed by atoms with Gasteiger partial charge in [-0.3, -0.25) is 14.2 Å². The molecule has 1 saturated heterocycles. The lowest BCUT2D eigenvalue weighted by Gasteiger charge is -2.29. The summed E-state index contributed by atoms with van der Waals surface area (Å²) in [6, 6.07) is 21.8. The molecule has 2 amide bonds. The van der Waals surface area contributed by atoms with Gasteiger partial charge in [-0.15, -0.1) is 10.2 Å². The van der Waals surface area contributed by atoms with Crippen molar-refractivity contribution >= 4 is 39.3 Å². The van der Waals surface area contributed by atoms with Gasteiger partial charge in [0.05, 0.1) is 30.4 Å². The number of rotatable bonds is 9. The number of nitrogens with one attached hydrogen (secondary N) is 1. The number of aryl methyl sites for hydroxylation is 2. The number of hydrogen-bond donors (Lipinski definition) is 1. The molecule has 0 atom stereocenters. The summed E-state index contributed by atoms with van der Waals surface area (Å²) in [5.41, 5.74) is 4.32. The van der Waals surface area contributed by atoms with Crippen LogP contribution in [0.25, 0.3) is 5.69 Å². The number of nitrogens with zero attached hydrogens (tertiary/aromatic N) is 5. The van der Waals surface area contributed by atoms with Gasteiger partial charge in [-0.05, 0) is 73.4 Å².